The Morgan fingerprint density at radius 1 is 1.25 bits per heavy atom. The number of aryl methyl sites for hydroxylation is 1. The fourth-order valence-corrected chi connectivity index (χ4v) is 3.35. The maximum absolute atomic E-state index is 6.29. The number of hydrogen-bond acceptors (Lipinski definition) is 5. The van der Waals surface area contributed by atoms with Crippen LogP contribution in [0.4, 0.5) is 0 Å². The molecule has 7 nitrogen and oxygen atoms in total. The van der Waals surface area contributed by atoms with Gasteiger partial charge in [-0.3, -0.25) is 4.68 Å². The average molecular weight is 326 g/mol. The molecule has 0 aliphatic heterocycles. The van der Waals surface area contributed by atoms with Crippen molar-refractivity contribution in [3.63, 3.8) is 0 Å². The molecular formula is C17H22N6O. The number of fused-ring (bicyclic) bond motifs is 1. The number of ether oxygens (including phenoxy) is 1. The minimum Gasteiger partial charge on any atom is -0.473 e. The first-order chi connectivity index (χ1) is 11.7. The summed E-state index contributed by atoms with van der Waals surface area (Å²) in [6, 6.07) is 2.46. The molecule has 126 valence electrons. The lowest BCUT2D eigenvalue weighted by Crippen LogP contribution is -2.36. The fourth-order valence-electron chi connectivity index (χ4n) is 3.35. The molecule has 2 atom stereocenters. The molecule has 0 aromatic carbocycles. The highest BCUT2D eigenvalue weighted by Gasteiger charge is 2.23. The van der Waals surface area contributed by atoms with E-state index in [1.165, 1.54) is 12.8 Å². The Labute approximate surface area is 140 Å². The Morgan fingerprint density at radius 2 is 2.17 bits per heavy atom. The molecule has 2 unspecified atom stereocenters. The van der Waals surface area contributed by atoms with Gasteiger partial charge in [0.25, 0.3) is 0 Å². The van der Waals surface area contributed by atoms with E-state index in [-0.39, 0.29) is 6.10 Å². The van der Waals surface area contributed by atoms with E-state index in [1.54, 1.807) is 17.1 Å². The Bertz CT molecular complexity index is 839. The molecule has 0 saturated heterocycles. The van der Waals surface area contributed by atoms with Crippen LogP contribution in [-0.4, -0.2) is 43.6 Å². The second-order valence-electron chi connectivity index (χ2n) is 6.39. The first-order valence-electron chi connectivity index (χ1n) is 8.40. The Balaban J connectivity index is 1.67. The quantitative estimate of drug-likeness (QED) is 0.794. The van der Waals surface area contributed by atoms with E-state index < -0.39 is 0 Å². The molecule has 0 radical (unpaired) electrons. The molecule has 3 aromatic rings. The summed E-state index contributed by atoms with van der Waals surface area (Å²) in [5.74, 6) is 0.649. The summed E-state index contributed by atoms with van der Waals surface area (Å²) in [6.45, 7) is 0. The van der Waals surface area contributed by atoms with Crippen molar-refractivity contribution in [3.8, 4) is 17.1 Å². The summed E-state index contributed by atoms with van der Waals surface area (Å²) < 4.78 is 9.88. The molecule has 1 saturated carbocycles. The zero-order chi connectivity index (χ0) is 16.5. The second-order valence-corrected chi connectivity index (χ2v) is 6.39. The topological polar surface area (TPSA) is 69.3 Å². The zero-order valence-electron chi connectivity index (χ0n) is 14.0. The van der Waals surface area contributed by atoms with Gasteiger partial charge >= 0.3 is 0 Å². The van der Waals surface area contributed by atoms with Gasteiger partial charge < -0.3 is 10.1 Å². The van der Waals surface area contributed by atoms with Crippen LogP contribution in [0.25, 0.3) is 16.8 Å². The molecule has 1 fully saturated rings. The highest BCUT2D eigenvalue weighted by atomic mass is 16.5. The Hall–Kier alpha value is -2.41. The first-order valence-corrected chi connectivity index (χ1v) is 8.40. The van der Waals surface area contributed by atoms with Gasteiger partial charge in [0.05, 0.1) is 24.3 Å². The molecular weight excluding hydrogens is 304 g/mol. The molecule has 3 aromatic heterocycles. The predicted molar refractivity (Wildman–Crippen MR) is 90.9 cm³/mol. The molecule has 7 heteroatoms. The summed E-state index contributed by atoms with van der Waals surface area (Å²) in [5, 5.41) is 11.9. The van der Waals surface area contributed by atoms with Gasteiger partial charge in [-0.25, -0.2) is 9.50 Å². The van der Waals surface area contributed by atoms with Crippen LogP contribution < -0.4 is 10.1 Å². The number of rotatable bonds is 4. The summed E-state index contributed by atoms with van der Waals surface area (Å²) in [5.41, 5.74) is 2.67. The molecule has 4 rings (SSSR count). The van der Waals surface area contributed by atoms with Crippen LogP contribution in [0.5, 0.6) is 5.88 Å². The van der Waals surface area contributed by atoms with Crippen molar-refractivity contribution in [2.24, 2.45) is 7.05 Å². The van der Waals surface area contributed by atoms with Crippen LogP contribution in [0, 0.1) is 0 Å². The normalized spacial score (nSPS) is 21.2. The van der Waals surface area contributed by atoms with Crippen molar-refractivity contribution in [3.05, 3.63) is 30.9 Å². The summed E-state index contributed by atoms with van der Waals surface area (Å²) in [7, 11) is 3.91. The van der Waals surface area contributed by atoms with Gasteiger partial charge in [-0.2, -0.15) is 10.2 Å². The van der Waals surface area contributed by atoms with Crippen molar-refractivity contribution in [2.75, 3.05) is 7.05 Å². The SMILES string of the molecule is CNC1CCCC(Oc2nc(-c3cnn(C)c3)cn3nccc23)C1. The summed E-state index contributed by atoms with van der Waals surface area (Å²) in [6.07, 6.45) is 12.1. The zero-order valence-corrected chi connectivity index (χ0v) is 14.0. The van der Waals surface area contributed by atoms with Crippen molar-refractivity contribution in [1.82, 2.24) is 29.7 Å². The van der Waals surface area contributed by atoms with Crippen molar-refractivity contribution in [2.45, 2.75) is 37.8 Å². The maximum atomic E-state index is 6.29. The number of hydrogen-bond donors (Lipinski definition) is 1. The van der Waals surface area contributed by atoms with Gasteiger partial charge in [0.15, 0.2) is 0 Å². The van der Waals surface area contributed by atoms with Gasteiger partial charge in [0, 0.05) is 24.8 Å². The third kappa shape index (κ3) is 2.87. The second kappa shape index (κ2) is 6.24. The van der Waals surface area contributed by atoms with E-state index >= 15 is 0 Å². The van der Waals surface area contributed by atoms with Crippen LogP contribution in [0.2, 0.25) is 0 Å². The van der Waals surface area contributed by atoms with Crippen molar-refractivity contribution in [1.29, 1.82) is 0 Å². The van der Waals surface area contributed by atoms with Crippen LogP contribution in [-0.2, 0) is 7.05 Å². The summed E-state index contributed by atoms with van der Waals surface area (Å²) >= 11 is 0. The van der Waals surface area contributed by atoms with E-state index in [2.05, 4.69) is 15.5 Å². The van der Waals surface area contributed by atoms with E-state index in [0.29, 0.717) is 11.9 Å². The number of nitrogens with zero attached hydrogens (tertiary/aromatic N) is 5. The molecule has 3 heterocycles. The van der Waals surface area contributed by atoms with E-state index in [4.69, 9.17) is 9.72 Å². The molecule has 0 bridgehead atoms. The van der Waals surface area contributed by atoms with E-state index in [0.717, 1.165) is 29.6 Å². The minimum atomic E-state index is 0.187. The Kier molecular flexibility index (Phi) is 3.93. The monoisotopic (exact) mass is 326 g/mol. The van der Waals surface area contributed by atoms with Crippen LogP contribution in [0.1, 0.15) is 25.7 Å². The smallest absolute Gasteiger partial charge is 0.240 e. The summed E-state index contributed by atoms with van der Waals surface area (Å²) in [4.78, 5) is 4.74. The largest absolute Gasteiger partial charge is 0.473 e. The lowest BCUT2D eigenvalue weighted by molar-refractivity contribution is 0.133. The van der Waals surface area contributed by atoms with Crippen LogP contribution in [0.3, 0.4) is 0 Å². The Morgan fingerprint density at radius 3 is 2.96 bits per heavy atom. The highest BCUT2D eigenvalue weighted by molar-refractivity contribution is 5.63. The number of nitrogens with one attached hydrogen (secondary N) is 1. The van der Waals surface area contributed by atoms with E-state index in [1.807, 2.05) is 37.1 Å². The van der Waals surface area contributed by atoms with E-state index in [9.17, 15) is 0 Å². The van der Waals surface area contributed by atoms with Crippen molar-refractivity contribution >= 4 is 5.52 Å². The third-order valence-electron chi connectivity index (χ3n) is 4.67. The maximum Gasteiger partial charge on any atom is 0.240 e. The van der Waals surface area contributed by atoms with Crippen LogP contribution >= 0.6 is 0 Å². The van der Waals surface area contributed by atoms with Crippen molar-refractivity contribution < 1.29 is 4.74 Å². The van der Waals surface area contributed by atoms with Gasteiger partial charge in [-0.15, -0.1) is 0 Å². The van der Waals surface area contributed by atoms with Crippen LogP contribution in [0.15, 0.2) is 30.9 Å². The lowest BCUT2D eigenvalue weighted by Gasteiger charge is -2.29. The average Bonchev–Trinajstić information content (AvgIpc) is 3.23. The number of aromatic nitrogens is 5. The standard InChI is InChI=1S/C17H22N6O/c1-18-13-4-3-5-14(8-13)24-17-16-6-7-19-23(16)11-15(21-17)12-9-20-22(2)10-12/h6-7,9-11,13-14,18H,3-5,8H2,1-2H3. The van der Waals surface area contributed by atoms with Gasteiger partial charge in [-0.1, -0.05) is 0 Å². The predicted octanol–water partition coefficient (Wildman–Crippen LogP) is 2.04. The molecule has 1 N–H and O–H groups in total. The third-order valence-corrected chi connectivity index (χ3v) is 4.67. The van der Waals surface area contributed by atoms with Gasteiger partial charge in [-0.05, 0) is 38.8 Å². The highest BCUT2D eigenvalue weighted by Crippen LogP contribution is 2.28. The van der Waals surface area contributed by atoms with Gasteiger partial charge in [0.1, 0.15) is 11.6 Å². The first kappa shape index (κ1) is 15.1. The lowest BCUT2D eigenvalue weighted by atomic mass is 9.93. The fraction of sp³-hybridized carbons (Fsp3) is 0.471. The molecule has 1 aliphatic rings. The molecule has 24 heavy (non-hydrogen) atoms. The minimum absolute atomic E-state index is 0.187. The molecule has 0 spiro atoms. The molecule has 0 amide bonds. The molecule has 1 aliphatic carbocycles. The van der Waals surface area contributed by atoms with Gasteiger partial charge in [0.2, 0.25) is 5.88 Å².